The second kappa shape index (κ2) is 3.46. The molecule has 3 heteroatoms. The molecule has 1 heterocycles. The summed E-state index contributed by atoms with van der Waals surface area (Å²) in [7, 11) is 0. The first-order chi connectivity index (χ1) is 6.77. The van der Waals surface area contributed by atoms with Gasteiger partial charge in [0.2, 0.25) is 5.78 Å². The van der Waals surface area contributed by atoms with Crippen LogP contribution in [0.1, 0.15) is 6.42 Å². The first-order valence-corrected chi connectivity index (χ1v) is 4.37. The third-order valence-electron chi connectivity index (χ3n) is 2.01. The highest BCUT2D eigenvalue weighted by Gasteiger charge is 2.17. The molecule has 3 nitrogen and oxygen atoms in total. The van der Waals surface area contributed by atoms with E-state index in [1.165, 1.54) is 18.2 Å². The number of carbonyl (C=O) groups is 2. The van der Waals surface area contributed by atoms with Gasteiger partial charge < -0.3 is 4.90 Å². The van der Waals surface area contributed by atoms with Crippen LogP contribution < -0.4 is 0 Å². The Kier molecular flexibility index (Phi) is 2.14. The summed E-state index contributed by atoms with van der Waals surface area (Å²) in [6.07, 6.45) is 12.2. The number of allylic oxidation sites excluding steroid dienone is 5. The fourth-order valence-corrected chi connectivity index (χ4v) is 1.34. The molecule has 1 aliphatic heterocycles. The van der Waals surface area contributed by atoms with Crippen molar-refractivity contribution < 1.29 is 9.59 Å². The Labute approximate surface area is 81.7 Å². The maximum atomic E-state index is 11.4. The molecule has 0 bridgehead atoms. The molecule has 2 rings (SSSR count). The first-order valence-electron chi connectivity index (χ1n) is 4.37. The zero-order valence-electron chi connectivity index (χ0n) is 7.51. The van der Waals surface area contributed by atoms with Crippen molar-refractivity contribution in [2.24, 2.45) is 0 Å². The topological polar surface area (TPSA) is 37.4 Å². The smallest absolute Gasteiger partial charge is 0.202 e. The molecule has 0 fully saturated rings. The molecule has 70 valence electrons. The number of nitrogens with zero attached hydrogens (tertiary/aromatic N) is 1. The van der Waals surface area contributed by atoms with Crippen LogP contribution in [0.3, 0.4) is 0 Å². The van der Waals surface area contributed by atoms with Gasteiger partial charge in [0.1, 0.15) is 0 Å². The predicted molar refractivity (Wildman–Crippen MR) is 52.0 cm³/mol. The zero-order chi connectivity index (χ0) is 9.97. The van der Waals surface area contributed by atoms with E-state index in [1.807, 2.05) is 12.2 Å². The Balaban J connectivity index is 2.28. The summed E-state index contributed by atoms with van der Waals surface area (Å²) in [5.74, 6) is -0.284. The standard InChI is InChI=1S/C11H9NO2/c13-9-4-5-11(14)10(8-9)12-6-2-1-3-7-12/h2-8H,1H2. The second-order valence-corrected chi connectivity index (χ2v) is 3.04. The molecule has 0 aromatic rings. The Morgan fingerprint density at radius 2 is 1.79 bits per heavy atom. The van der Waals surface area contributed by atoms with Crippen LogP contribution in [0.15, 0.2) is 48.5 Å². The maximum Gasteiger partial charge on any atom is 0.202 e. The van der Waals surface area contributed by atoms with Gasteiger partial charge in [-0.25, -0.2) is 0 Å². The molecule has 14 heavy (non-hydrogen) atoms. The first kappa shape index (κ1) is 8.69. The molecule has 0 saturated carbocycles. The van der Waals surface area contributed by atoms with E-state index in [9.17, 15) is 9.59 Å². The van der Waals surface area contributed by atoms with E-state index in [1.54, 1.807) is 17.3 Å². The third-order valence-corrected chi connectivity index (χ3v) is 2.01. The van der Waals surface area contributed by atoms with E-state index in [2.05, 4.69) is 0 Å². The minimum Gasteiger partial charge on any atom is -0.321 e. The van der Waals surface area contributed by atoms with Crippen LogP contribution in [0, 0.1) is 0 Å². The summed E-state index contributed by atoms with van der Waals surface area (Å²) in [6, 6.07) is 0. The van der Waals surface area contributed by atoms with Crippen LogP contribution in [0.5, 0.6) is 0 Å². The van der Waals surface area contributed by atoms with Gasteiger partial charge in [-0.2, -0.15) is 0 Å². The Hall–Kier alpha value is -1.90. The normalized spacial score (nSPS) is 20.3. The van der Waals surface area contributed by atoms with Gasteiger partial charge in [-0.15, -0.1) is 0 Å². The highest BCUT2D eigenvalue weighted by Crippen LogP contribution is 2.15. The quantitative estimate of drug-likeness (QED) is 0.581. The maximum absolute atomic E-state index is 11.4. The molecule has 0 spiro atoms. The fraction of sp³-hybridized carbons (Fsp3) is 0.0909. The molecule has 0 unspecified atom stereocenters. The summed E-state index contributed by atoms with van der Waals surface area (Å²) < 4.78 is 0. The SMILES string of the molecule is O=C1C=CC(=O)C(N2C=CCC=C2)=C1. The molecule has 0 atom stereocenters. The highest BCUT2D eigenvalue weighted by molar-refractivity contribution is 6.17. The Bertz CT molecular complexity index is 388. The van der Waals surface area contributed by atoms with Crippen molar-refractivity contribution >= 4 is 11.6 Å². The highest BCUT2D eigenvalue weighted by atomic mass is 16.1. The lowest BCUT2D eigenvalue weighted by Crippen LogP contribution is -2.20. The zero-order valence-corrected chi connectivity index (χ0v) is 7.51. The van der Waals surface area contributed by atoms with Crippen LogP contribution >= 0.6 is 0 Å². The van der Waals surface area contributed by atoms with Crippen molar-refractivity contribution in [3.63, 3.8) is 0 Å². The Morgan fingerprint density at radius 1 is 1.07 bits per heavy atom. The Morgan fingerprint density at radius 3 is 2.50 bits per heavy atom. The lowest BCUT2D eigenvalue weighted by molar-refractivity contribution is -0.115. The lowest BCUT2D eigenvalue weighted by atomic mass is 10.1. The van der Waals surface area contributed by atoms with Crippen LogP contribution in [-0.2, 0) is 9.59 Å². The molecule has 0 radical (unpaired) electrons. The van der Waals surface area contributed by atoms with E-state index in [0.29, 0.717) is 5.70 Å². The van der Waals surface area contributed by atoms with Gasteiger partial charge in [-0.1, -0.05) is 12.2 Å². The van der Waals surface area contributed by atoms with Crippen molar-refractivity contribution in [1.82, 2.24) is 4.90 Å². The summed E-state index contributed by atoms with van der Waals surface area (Å²) >= 11 is 0. The average Bonchev–Trinajstić information content (AvgIpc) is 2.23. The molecule has 0 aromatic heterocycles. The monoisotopic (exact) mass is 187 g/mol. The van der Waals surface area contributed by atoms with Gasteiger partial charge in [-0.3, -0.25) is 9.59 Å². The minimum atomic E-state index is -0.146. The molecule has 0 aromatic carbocycles. The summed E-state index contributed by atoms with van der Waals surface area (Å²) in [4.78, 5) is 24.2. The van der Waals surface area contributed by atoms with E-state index in [4.69, 9.17) is 0 Å². The van der Waals surface area contributed by atoms with Gasteiger partial charge in [0.15, 0.2) is 5.78 Å². The summed E-state index contributed by atoms with van der Waals surface area (Å²) in [5.41, 5.74) is 0.407. The number of ketones is 2. The van der Waals surface area contributed by atoms with Crippen LogP contribution in [-0.4, -0.2) is 16.5 Å². The van der Waals surface area contributed by atoms with Crippen molar-refractivity contribution in [2.75, 3.05) is 0 Å². The number of hydrogen-bond donors (Lipinski definition) is 0. The summed E-state index contributed by atoms with van der Waals surface area (Å²) in [5, 5.41) is 0. The van der Waals surface area contributed by atoms with E-state index >= 15 is 0 Å². The van der Waals surface area contributed by atoms with Gasteiger partial charge in [-0.05, 0) is 18.6 Å². The van der Waals surface area contributed by atoms with Gasteiger partial charge in [0, 0.05) is 18.5 Å². The molecule has 0 amide bonds. The van der Waals surface area contributed by atoms with Crippen molar-refractivity contribution in [1.29, 1.82) is 0 Å². The van der Waals surface area contributed by atoms with Gasteiger partial charge in [0.25, 0.3) is 0 Å². The van der Waals surface area contributed by atoms with Crippen molar-refractivity contribution in [2.45, 2.75) is 6.42 Å². The number of hydrogen-bond acceptors (Lipinski definition) is 3. The predicted octanol–water partition coefficient (Wildman–Crippen LogP) is 1.31. The van der Waals surface area contributed by atoms with Crippen LogP contribution in [0.2, 0.25) is 0 Å². The third kappa shape index (κ3) is 1.57. The lowest BCUT2D eigenvalue weighted by Gasteiger charge is -2.20. The summed E-state index contributed by atoms with van der Waals surface area (Å²) in [6.45, 7) is 0. The molecule has 2 aliphatic rings. The number of rotatable bonds is 1. The molecular formula is C11H9NO2. The fourth-order valence-electron chi connectivity index (χ4n) is 1.34. The van der Waals surface area contributed by atoms with E-state index in [0.717, 1.165) is 6.42 Å². The largest absolute Gasteiger partial charge is 0.321 e. The van der Waals surface area contributed by atoms with Crippen LogP contribution in [0.25, 0.3) is 0 Å². The van der Waals surface area contributed by atoms with E-state index in [-0.39, 0.29) is 11.6 Å². The van der Waals surface area contributed by atoms with Crippen molar-refractivity contribution in [3.8, 4) is 0 Å². The molecule has 0 saturated heterocycles. The molecular weight excluding hydrogens is 178 g/mol. The van der Waals surface area contributed by atoms with E-state index < -0.39 is 0 Å². The van der Waals surface area contributed by atoms with Gasteiger partial charge in [0.05, 0.1) is 5.70 Å². The molecule has 1 aliphatic carbocycles. The number of carbonyl (C=O) groups excluding carboxylic acids is 2. The van der Waals surface area contributed by atoms with Crippen LogP contribution in [0.4, 0.5) is 0 Å². The average molecular weight is 187 g/mol. The molecule has 0 N–H and O–H groups in total. The van der Waals surface area contributed by atoms with Crippen molar-refractivity contribution in [3.05, 3.63) is 48.5 Å². The second-order valence-electron chi connectivity index (χ2n) is 3.04. The minimum absolute atomic E-state index is 0.138. The van der Waals surface area contributed by atoms with Gasteiger partial charge >= 0.3 is 0 Å².